The van der Waals surface area contributed by atoms with Crippen LogP contribution in [0.25, 0.3) is 0 Å². The van der Waals surface area contributed by atoms with Crippen molar-refractivity contribution in [1.29, 1.82) is 0 Å². The summed E-state index contributed by atoms with van der Waals surface area (Å²) >= 11 is 0. The zero-order chi connectivity index (χ0) is 33.8. The molecule has 5 heteroatoms. The van der Waals surface area contributed by atoms with Gasteiger partial charge in [0.1, 0.15) is 28.9 Å². The van der Waals surface area contributed by atoms with Gasteiger partial charge in [0.2, 0.25) is 0 Å². The second-order valence-electron chi connectivity index (χ2n) is 15.7. The zero-order valence-electron chi connectivity index (χ0n) is 29.7. The number of hydrogen-bond donors (Lipinski definition) is 0. The lowest BCUT2D eigenvalue weighted by molar-refractivity contribution is -0.137. The molecule has 0 radical (unpaired) electrons. The van der Waals surface area contributed by atoms with E-state index < -0.39 is 27.1 Å². The molecule has 0 aromatic heterocycles. The monoisotopic (exact) mass is 596 g/mol. The molecule has 0 fully saturated rings. The van der Waals surface area contributed by atoms with Crippen LogP contribution >= 0.6 is 0 Å². The molecule has 0 bridgehead atoms. The Kier molecular flexibility index (Phi) is 12.7. The third kappa shape index (κ3) is 9.53. The van der Waals surface area contributed by atoms with Gasteiger partial charge in [-0.2, -0.15) is 0 Å². The molecule has 1 rings (SSSR count). The maximum Gasteiger partial charge on any atom is 0.135 e. The van der Waals surface area contributed by atoms with Crippen molar-refractivity contribution in [3.8, 4) is 0 Å². The molecule has 0 amide bonds. The zero-order valence-corrected chi connectivity index (χ0v) is 29.7. The van der Waals surface area contributed by atoms with Gasteiger partial charge in [0.15, 0.2) is 0 Å². The number of carbonyl (C=O) groups excluding carboxylic acids is 5. The number of benzene rings is 1. The minimum Gasteiger partial charge on any atom is -0.299 e. The van der Waals surface area contributed by atoms with Gasteiger partial charge in [-0.15, -0.1) is 0 Å². The van der Waals surface area contributed by atoms with Crippen molar-refractivity contribution >= 4 is 28.9 Å². The van der Waals surface area contributed by atoms with Crippen LogP contribution in [0.4, 0.5) is 0 Å². The second kappa shape index (κ2) is 14.1. The van der Waals surface area contributed by atoms with Crippen LogP contribution in [0, 0.1) is 27.1 Å². The lowest BCUT2D eigenvalue weighted by atomic mass is 9.60. The maximum absolute atomic E-state index is 13.1. The van der Waals surface area contributed by atoms with Gasteiger partial charge >= 0.3 is 0 Å². The van der Waals surface area contributed by atoms with E-state index in [1.165, 1.54) is 0 Å². The average Bonchev–Trinajstić information content (AvgIpc) is 2.87. The van der Waals surface area contributed by atoms with Crippen molar-refractivity contribution in [2.75, 3.05) is 0 Å². The lowest BCUT2D eigenvalue weighted by Gasteiger charge is -2.41. The first kappa shape index (κ1) is 38.6. The van der Waals surface area contributed by atoms with E-state index in [4.69, 9.17) is 0 Å². The van der Waals surface area contributed by atoms with E-state index in [1.54, 1.807) is 34.6 Å². The fraction of sp³-hybridized carbons (Fsp3) is 0.711. The molecule has 0 aliphatic carbocycles. The first-order valence-corrected chi connectivity index (χ1v) is 16.0. The van der Waals surface area contributed by atoms with E-state index in [-0.39, 0.29) is 40.8 Å². The number of Topliss-reactive ketones (excluding diaryl/α,β-unsaturated/α-hetero) is 5. The molecule has 0 saturated heterocycles. The van der Waals surface area contributed by atoms with E-state index in [2.05, 4.69) is 38.1 Å². The van der Waals surface area contributed by atoms with Gasteiger partial charge in [-0.05, 0) is 96.1 Å². The van der Waals surface area contributed by atoms with Crippen LogP contribution in [0.5, 0.6) is 0 Å². The molecule has 5 nitrogen and oxygen atoms in total. The number of carbonyl (C=O) groups is 5. The van der Waals surface area contributed by atoms with Gasteiger partial charge in [0.25, 0.3) is 0 Å². The van der Waals surface area contributed by atoms with Crippen LogP contribution < -0.4 is 0 Å². The van der Waals surface area contributed by atoms with Crippen molar-refractivity contribution in [1.82, 2.24) is 0 Å². The third-order valence-electron chi connectivity index (χ3n) is 11.1. The molecule has 0 N–H and O–H groups in total. The highest BCUT2D eigenvalue weighted by Gasteiger charge is 2.46. The summed E-state index contributed by atoms with van der Waals surface area (Å²) in [4.78, 5) is 63.6. The number of rotatable bonds is 18. The lowest BCUT2D eigenvalue weighted by Crippen LogP contribution is -2.41. The Bertz CT molecular complexity index is 1190. The number of ketones is 5. The molecular formula is C38H60O5. The summed E-state index contributed by atoms with van der Waals surface area (Å²) in [6, 6.07) is 8.44. The highest BCUT2D eigenvalue weighted by atomic mass is 16.1. The van der Waals surface area contributed by atoms with Crippen LogP contribution in [0.2, 0.25) is 0 Å². The molecule has 1 aromatic rings. The van der Waals surface area contributed by atoms with Gasteiger partial charge in [0, 0.05) is 27.1 Å². The van der Waals surface area contributed by atoms with Gasteiger partial charge in [-0.3, -0.25) is 24.0 Å². The Morgan fingerprint density at radius 2 is 0.814 bits per heavy atom. The van der Waals surface area contributed by atoms with Gasteiger partial charge in [-0.25, -0.2) is 0 Å². The van der Waals surface area contributed by atoms with Crippen molar-refractivity contribution in [2.24, 2.45) is 27.1 Å². The van der Waals surface area contributed by atoms with Crippen LogP contribution in [-0.4, -0.2) is 28.9 Å². The van der Waals surface area contributed by atoms with Gasteiger partial charge in [-0.1, -0.05) is 86.6 Å². The van der Waals surface area contributed by atoms with E-state index in [9.17, 15) is 24.0 Å². The summed E-state index contributed by atoms with van der Waals surface area (Å²) in [6.07, 6.45) is 3.27. The van der Waals surface area contributed by atoms with Crippen molar-refractivity contribution in [3.63, 3.8) is 0 Å². The van der Waals surface area contributed by atoms with Gasteiger partial charge < -0.3 is 0 Å². The minimum atomic E-state index is -0.797. The summed E-state index contributed by atoms with van der Waals surface area (Å²) in [6.45, 7) is 25.8. The fourth-order valence-corrected chi connectivity index (χ4v) is 7.05. The highest BCUT2D eigenvalue weighted by molar-refractivity contribution is 5.88. The molecule has 242 valence electrons. The second-order valence-corrected chi connectivity index (χ2v) is 15.7. The van der Waals surface area contributed by atoms with Crippen LogP contribution in [0.1, 0.15) is 158 Å². The van der Waals surface area contributed by atoms with Gasteiger partial charge in [0.05, 0.1) is 0 Å². The molecule has 6 atom stereocenters. The molecule has 0 heterocycles. The quantitative estimate of drug-likeness (QED) is 0.169. The third-order valence-corrected chi connectivity index (χ3v) is 11.1. The first-order chi connectivity index (χ1) is 19.4. The summed E-state index contributed by atoms with van der Waals surface area (Å²) in [5, 5.41) is 0. The highest BCUT2D eigenvalue weighted by Crippen LogP contribution is 2.48. The molecule has 43 heavy (non-hydrogen) atoms. The Labute approximate surface area is 262 Å². The Morgan fingerprint density at radius 3 is 1.07 bits per heavy atom. The summed E-state index contributed by atoms with van der Waals surface area (Å²) < 4.78 is 0. The molecule has 0 spiro atoms. The molecular weight excluding hydrogens is 536 g/mol. The van der Waals surface area contributed by atoms with E-state index in [0.29, 0.717) is 38.5 Å². The van der Waals surface area contributed by atoms with E-state index >= 15 is 0 Å². The summed E-state index contributed by atoms with van der Waals surface area (Å²) in [5.74, 6) is 0.504. The molecule has 0 saturated carbocycles. The topological polar surface area (TPSA) is 85.3 Å². The molecule has 6 unspecified atom stereocenters. The molecule has 1 aromatic carbocycles. The smallest absolute Gasteiger partial charge is 0.135 e. The largest absolute Gasteiger partial charge is 0.299 e. The molecule has 0 aliphatic rings. The normalized spacial score (nSPS) is 19.1. The SMILES string of the molecule is CCC(C)(CC(C)(CC(C)c1ccc(C(C)CC(C)(CC(C)(CC(C)(C)C(C)=O)C(C)=O)C(C)=O)cc1)C(C)=O)C(C)=O. The van der Waals surface area contributed by atoms with Crippen molar-refractivity contribution < 1.29 is 24.0 Å². The van der Waals surface area contributed by atoms with Crippen LogP contribution in [-0.2, 0) is 24.0 Å². The predicted molar refractivity (Wildman–Crippen MR) is 176 cm³/mol. The maximum atomic E-state index is 13.1. The van der Waals surface area contributed by atoms with E-state index in [0.717, 1.165) is 11.1 Å². The van der Waals surface area contributed by atoms with Crippen molar-refractivity contribution in [3.05, 3.63) is 35.4 Å². The molecule has 0 aliphatic heterocycles. The Balaban J connectivity index is 3.22. The van der Waals surface area contributed by atoms with Crippen LogP contribution in [0.15, 0.2) is 24.3 Å². The fourth-order valence-electron chi connectivity index (χ4n) is 7.05. The first-order valence-electron chi connectivity index (χ1n) is 16.0. The summed E-state index contributed by atoms with van der Waals surface area (Å²) in [5.41, 5.74) is -1.07. The Hall–Kier alpha value is -2.43. The Morgan fingerprint density at radius 1 is 0.512 bits per heavy atom. The average molecular weight is 597 g/mol. The summed E-state index contributed by atoms with van der Waals surface area (Å²) in [7, 11) is 0. The predicted octanol–water partition coefficient (Wildman–Crippen LogP) is 9.25. The van der Waals surface area contributed by atoms with E-state index in [1.807, 2.05) is 48.5 Å². The van der Waals surface area contributed by atoms with Crippen LogP contribution in [0.3, 0.4) is 0 Å². The minimum absolute atomic E-state index is 0.000378. The number of hydrogen-bond acceptors (Lipinski definition) is 5. The standard InChI is InChI=1S/C38H60O5/c1-15-35(11,28(5)40)23-36(12,29(6)41)20-25(2)32-16-18-33(19-17-32)26(3)21-37(13,30(7)42)24-38(14,31(8)43)22-34(9,10)27(4)39/h16-19,25-26H,15,20-24H2,1-14H3. The van der Waals surface area contributed by atoms with Crippen molar-refractivity contribution in [2.45, 2.75) is 147 Å².